The van der Waals surface area contributed by atoms with E-state index in [0.717, 1.165) is 13.1 Å². The molecule has 0 saturated carbocycles. The Morgan fingerprint density at radius 2 is 1.96 bits per heavy atom. The second-order valence-corrected chi connectivity index (χ2v) is 7.04. The molecule has 4 atom stereocenters. The van der Waals surface area contributed by atoms with Crippen LogP contribution in [0.4, 0.5) is 0 Å². The lowest BCUT2D eigenvalue weighted by atomic mass is 9.99. The maximum atomic E-state index is 12.8. The van der Waals surface area contributed by atoms with Gasteiger partial charge in [-0.05, 0) is 32.8 Å². The molecule has 1 fully saturated rings. The standard InChI is InChI=1S/C17H30N4O2/c1-12(2)16(20-10-14(4)23-15(5)11-20)17(22)19-13(3)9-21-8-6-7-18-21/h6-8,12-16H,9-11H2,1-5H3,(H,19,22). The van der Waals surface area contributed by atoms with Crippen molar-refractivity contribution in [1.82, 2.24) is 20.0 Å². The van der Waals surface area contributed by atoms with Gasteiger partial charge in [0.1, 0.15) is 0 Å². The Labute approximate surface area is 139 Å². The number of hydrogen-bond acceptors (Lipinski definition) is 4. The first-order valence-corrected chi connectivity index (χ1v) is 8.54. The molecule has 6 nitrogen and oxygen atoms in total. The van der Waals surface area contributed by atoms with Crippen LogP contribution in [0.15, 0.2) is 18.5 Å². The minimum absolute atomic E-state index is 0.0412. The number of ether oxygens (including phenoxy) is 1. The lowest BCUT2D eigenvalue weighted by molar-refractivity contribution is -0.136. The van der Waals surface area contributed by atoms with Crippen molar-refractivity contribution in [1.29, 1.82) is 0 Å². The van der Waals surface area contributed by atoms with Crippen LogP contribution in [0.2, 0.25) is 0 Å². The van der Waals surface area contributed by atoms with Crippen molar-refractivity contribution in [2.45, 2.75) is 65.5 Å². The zero-order valence-electron chi connectivity index (χ0n) is 14.9. The SMILES string of the molecule is CC(Cn1cccn1)NC(=O)C(C(C)C)N1CC(C)OC(C)C1. The highest BCUT2D eigenvalue weighted by Gasteiger charge is 2.34. The number of rotatable bonds is 6. The van der Waals surface area contributed by atoms with E-state index in [1.54, 1.807) is 6.20 Å². The first-order chi connectivity index (χ1) is 10.9. The molecule has 1 aromatic rings. The Balaban J connectivity index is 1.97. The van der Waals surface area contributed by atoms with Gasteiger partial charge in [-0.3, -0.25) is 14.4 Å². The highest BCUT2D eigenvalue weighted by Crippen LogP contribution is 2.18. The van der Waals surface area contributed by atoms with Gasteiger partial charge in [0, 0.05) is 31.5 Å². The molecule has 130 valence electrons. The summed E-state index contributed by atoms with van der Waals surface area (Å²) >= 11 is 0. The molecule has 1 saturated heterocycles. The van der Waals surface area contributed by atoms with Crippen molar-refractivity contribution >= 4 is 5.91 Å². The molecule has 1 amide bonds. The second kappa shape index (κ2) is 7.93. The Morgan fingerprint density at radius 3 is 2.48 bits per heavy atom. The van der Waals surface area contributed by atoms with Crippen molar-refractivity contribution in [3.8, 4) is 0 Å². The number of nitrogens with zero attached hydrogens (tertiary/aromatic N) is 3. The molecule has 6 heteroatoms. The summed E-state index contributed by atoms with van der Waals surface area (Å²) in [5.74, 6) is 0.352. The van der Waals surface area contributed by atoms with Crippen LogP contribution in [0.25, 0.3) is 0 Å². The van der Waals surface area contributed by atoms with Crippen molar-refractivity contribution in [3.05, 3.63) is 18.5 Å². The summed E-state index contributed by atoms with van der Waals surface area (Å²) in [7, 11) is 0. The van der Waals surface area contributed by atoms with Crippen molar-refractivity contribution in [3.63, 3.8) is 0 Å². The van der Waals surface area contributed by atoms with E-state index < -0.39 is 0 Å². The highest BCUT2D eigenvalue weighted by atomic mass is 16.5. The molecule has 0 aliphatic carbocycles. The minimum atomic E-state index is -0.121. The molecule has 1 N–H and O–H groups in total. The van der Waals surface area contributed by atoms with E-state index in [1.165, 1.54) is 0 Å². The van der Waals surface area contributed by atoms with Crippen LogP contribution in [0.1, 0.15) is 34.6 Å². The number of amides is 1. The fourth-order valence-electron chi connectivity index (χ4n) is 3.40. The molecule has 2 rings (SSSR count). The zero-order chi connectivity index (χ0) is 17.0. The minimum Gasteiger partial charge on any atom is -0.373 e. The summed E-state index contributed by atoms with van der Waals surface area (Å²) < 4.78 is 7.63. The van der Waals surface area contributed by atoms with E-state index in [2.05, 4.69) is 43.0 Å². The summed E-state index contributed by atoms with van der Waals surface area (Å²) in [6.07, 6.45) is 3.99. The van der Waals surface area contributed by atoms with Crippen LogP contribution in [0, 0.1) is 5.92 Å². The Kier molecular flexibility index (Phi) is 6.18. The third kappa shape index (κ3) is 5.04. The van der Waals surface area contributed by atoms with Gasteiger partial charge >= 0.3 is 0 Å². The molecule has 4 unspecified atom stereocenters. The van der Waals surface area contributed by atoms with Gasteiger partial charge in [-0.2, -0.15) is 5.10 Å². The summed E-state index contributed by atoms with van der Waals surface area (Å²) in [6, 6.07) is 1.81. The number of morpholine rings is 1. The van der Waals surface area contributed by atoms with Gasteiger partial charge in [-0.15, -0.1) is 0 Å². The summed E-state index contributed by atoms with van der Waals surface area (Å²) in [4.78, 5) is 15.1. The average molecular weight is 322 g/mol. The van der Waals surface area contributed by atoms with Crippen LogP contribution >= 0.6 is 0 Å². The molecule has 23 heavy (non-hydrogen) atoms. The van der Waals surface area contributed by atoms with Crippen LogP contribution in [0.5, 0.6) is 0 Å². The van der Waals surface area contributed by atoms with E-state index in [1.807, 2.05) is 23.9 Å². The summed E-state index contributed by atoms with van der Waals surface area (Å²) in [6.45, 7) is 12.6. The molecule has 1 aliphatic heterocycles. The Morgan fingerprint density at radius 1 is 1.30 bits per heavy atom. The average Bonchev–Trinajstić information content (AvgIpc) is 2.89. The Bertz CT molecular complexity index is 479. The predicted molar refractivity (Wildman–Crippen MR) is 90.0 cm³/mol. The molecule has 1 aliphatic rings. The fraction of sp³-hybridized carbons (Fsp3) is 0.765. The smallest absolute Gasteiger partial charge is 0.237 e. The van der Waals surface area contributed by atoms with Gasteiger partial charge in [0.25, 0.3) is 0 Å². The molecular weight excluding hydrogens is 292 g/mol. The van der Waals surface area contributed by atoms with E-state index in [0.29, 0.717) is 6.54 Å². The number of aromatic nitrogens is 2. The predicted octanol–water partition coefficient (Wildman–Crippen LogP) is 1.52. The number of hydrogen-bond donors (Lipinski definition) is 1. The monoisotopic (exact) mass is 322 g/mol. The first kappa shape index (κ1) is 17.9. The van der Waals surface area contributed by atoms with Crippen molar-refractivity contribution < 1.29 is 9.53 Å². The van der Waals surface area contributed by atoms with Gasteiger partial charge in [0.2, 0.25) is 5.91 Å². The lowest BCUT2D eigenvalue weighted by Crippen LogP contribution is -2.58. The van der Waals surface area contributed by atoms with Gasteiger partial charge in [0.05, 0.1) is 24.8 Å². The second-order valence-electron chi connectivity index (χ2n) is 7.04. The van der Waals surface area contributed by atoms with E-state index in [-0.39, 0.29) is 36.1 Å². The molecule has 1 aromatic heterocycles. The fourth-order valence-corrected chi connectivity index (χ4v) is 3.40. The number of carbonyl (C=O) groups excluding carboxylic acids is 1. The maximum absolute atomic E-state index is 12.8. The highest BCUT2D eigenvalue weighted by molar-refractivity contribution is 5.82. The van der Waals surface area contributed by atoms with Crippen molar-refractivity contribution in [2.75, 3.05) is 13.1 Å². The molecule has 0 radical (unpaired) electrons. The largest absolute Gasteiger partial charge is 0.373 e. The van der Waals surface area contributed by atoms with E-state index >= 15 is 0 Å². The van der Waals surface area contributed by atoms with Gasteiger partial charge in [-0.25, -0.2) is 0 Å². The van der Waals surface area contributed by atoms with Crippen LogP contribution in [-0.2, 0) is 16.1 Å². The molecule has 0 aromatic carbocycles. The molecule has 0 bridgehead atoms. The third-order valence-corrected chi connectivity index (χ3v) is 4.15. The van der Waals surface area contributed by atoms with Crippen LogP contribution in [-0.4, -0.2) is 58.0 Å². The molecular formula is C17H30N4O2. The van der Waals surface area contributed by atoms with Gasteiger partial charge in [0.15, 0.2) is 0 Å². The summed E-state index contributed by atoms with van der Waals surface area (Å²) in [5, 5.41) is 7.34. The molecule has 2 heterocycles. The topological polar surface area (TPSA) is 59.4 Å². The van der Waals surface area contributed by atoms with Crippen LogP contribution in [0.3, 0.4) is 0 Å². The van der Waals surface area contributed by atoms with Gasteiger partial charge < -0.3 is 10.1 Å². The summed E-state index contributed by atoms with van der Waals surface area (Å²) in [5.41, 5.74) is 0. The zero-order valence-corrected chi connectivity index (χ0v) is 14.9. The van der Waals surface area contributed by atoms with Crippen molar-refractivity contribution in [2.24, 2.45) is 5.92 Å². The third-order valence-electron chi connectivity index (χ3n) is 4.15. The quantitative estimate of drug-likeness (QED) is 0.863. The maximum Gasteiger partial charge on any atom is 0.237 e. The van der Waals surface area contributed by atoms with E-state index in [9.17, 15) is 4.79 Å². The Hall–Kier alpha value is -1.40. The first-order valence-electron chi connectivity index (χ1n) is 8.54. The van der Waals surface area contributed by atoms with E-state index in [4.69, 9.17) is 4.74 Å². The van der Waals surface area contributed by atoms with Crippen LogP contribution < -0.4 is 5.32 Å². The van der Waals surface area contributed by atoms with Gasteiger partial charge in [-0.1, -0.05) is 13.8 Å². The number of nitrogens with one attached hydrogen (secondary N) is 1. The lowest BCUT2D eigenvalue weighted by Gasteiger charge is -2.41. The normalized spacial score (nSPS) is 25.3. The number of carbonyl (C=O) groups is 1. The molecule has 0 spiro atoms.